The highest BCUT2D eigenvalue weighted by Gasteiger charge is 2.74. The average molecular weight is 263 g/mol. The van der Waals surface area contributed by atoms with E-state index in [4.69, 9.17) is 11.3 Å². The van der Waals surface area contributed by atoms with Gasteiger partial charge in [-0.1, -0.05) is 24.3 Å². The highest BCUT2D eigenvalue weighted by molar-refractivity contribution is 7.94. The van der Waals surface area contributed by atoms with E-state index >= 15 is 0 Å². The molecule has 1 aliphatic carbocycles. The summed E-state index contributed by atoms with van der Waals surface area (Å²) in [4.78, 5) is 14.9. The zero-order chi connectivity index (χ0) is 13.0. The van der Waals surface area contributed by atoms with Gasteiger partial charge in [-0.2, -0.15) is 0 Å². The zero-order valence-electron chi connectivity index (χ0n) is 9.29. The number of carbonyl (C=O) groups is 1. The summed E-state index contributed by atoms with van der Waals surface area (Å²) in [5.74, 6) is -0.850. The lowest BCUT2D eigenvalue weighted by Crippen LogP contribution is -2.31. The number of carbonyl (C=O) groups excluding carboxylic acids is 1. The number of ether oxygens (including phenoxy) is 1. The quantitative estimate of drug-likeness (QED) is 0.596. The third-order valence-electron chi connectivity index (χ3n) is 3.57. The van der Waals surface area contributed by atoms with Gasteiger partial charge in [-0.15, -0.1) is 0 Å². The van der Waals surface area contributed by atoms with Crippen LogP contribution in [0.3, 0.4) is 0 Å². The van der Waals surface area contributed by atoms with E-state index < -0.39 is 20.6 Å². The summed E-state index contributed by atoms with van der Waals surface area (Å²) in [5.41, 5.74) is 0.368. The minimum atomic E-state index is -3.72. The summed E-state index contributed by atoms with van der Waals surface area (Å²) in [6, 6.07) is 5.62. The Morgan fingerprint density at radius 3 is 2.44 bits per heavy atom. The molecule has 0 bridgehead atoms. The smallest absolute Gasteiger partial charge is 0.328 e. The van der Waals surface area contributed by atoms with Crippen LogP contribution in [-0.2, 0) is 19.4 Å². The Morgan fingerprint density at radius 1 is 1.33 bits per heavy atom. The van der Waals surface area contributed by atoms with E-state index in [1.54, 1.807) is 0 Å². The molecule has 1 aromatic rings. The number of benzene rings is 1. The molecule has 2 aliphatic rings. The van der Waals surface area contributed by atoms with Gasteiger partial charge >= 0.3 is 5.97 Å². The first-order chi connectivity index (χ1) is 8.52. The second-order valence-electron chi connectivity index (χ2n) is 4.50. The molecule has 18 heavy (non-hydrogen) atoms. The fourth-order valence-corrected chi connectivity index (χ4v) is 4.52. The Morgan fingerprint density at radius 2 is 2.00 bits per heavy atom. The molecule has 0 N–H and O–H groups in total. The Kier molecular flexibility index (Phi) is 2.08. The first kappa shape index (κ1) is 11.2. The number of fused-ring (bicyclic) bond motifs is 1. The van der Waals surface area contributed by atoms with Crippen LogP contribution in [0.5, 0.6) is 0 Å². The third kappa shape index (κ3) is 1.20. The third-order valence-corrected chi connectivity index (χ3v) is 6.08. The Hall–Kier alpha value is -1.87. The van der Waals surface area contributed by atoms with Crippen molar-refractivity contribution in [2.24, 2.45) is 5.92 Å². The van der Waals surface area contributed by atoms with Crippen molar-refractivity contribution >= 4 is 21.5 Å². The van der Waals surface area contributed by atoms with Gasteiger partial charge in [-0.05, 0) is 6.42 Å². The SMILES string of the molecule is [C-]#[N+]c1ccc(S(=O)(=O)[C@]23C[C@H]2COC3=O)cc1. The van der Waals surface area contributed by atoms with E-state index in [2.05, 4.69) is 4.85 Å². The van der Waals surface area contributed by atoms with Crippen LogP contribution in [0.15, 0.2) is 29.2 Å². The number of hydrogen-bond donors (Lipinski definition) is 0. The lowest BCUT2D eigenvalue weighted by atomic mass is 10.3. The van der Waals surface area contributed by atoms with Crippen LogP contribution in [0.25, 0.3) is 4.85 Å². The second-order valence-corrected chi connectivity index (χ2v) is 6.70. The Bertz CT molecular complexity index is 671. The molecule has 0 amide bonds. The molecular weight excluding hydrogens is 254 g/mol. The number of nitrogens with zero attached hydrogens (tertiary/aromatic N) is 1. The topological polar surface area (TPSA) is 64.8 Å². The van der Waals surface area contributed by atoms with Gasteiger partial charge in [0.1, 0.15) is 0 Å². The lowest BCUT2D eigenvalue weighted by Gasteiger charge is -2.11. The molecule has 0 unspecified atom stereocenters. The van der Waals surface area contributed by atoms with Gasteiger partial charge in [0.2, 0.25) is 0 Å². The average Bonchev–Trinajstić information content (AvgIpc) is 3.05. The number of hydrogen-bond acceptors (Lipinski definition) is 4. The van der Waals surface area contributed by atoms with Crippen molar-refractivity contribution < 1.29 is 17.9 Å². The van der Waals surface area contributed by atoms with Crippen LogP contribution in [0.4, 0.5) is 5.69 Å². The number of cyclic esters (lactones) is 1. The van der Waals surface area contributed by atoms with Crippen LogP contribution in [0.2, 0.25) is 0 Å². The molecule has 0 aromatic heterocycles. The van der Waals surface area contributed by atoms with Gasteiger partial charge in [0.05, 0.1) is 18.1 Å². The molecule has 1 aliphatic heterocycles. The first-order valence-corrected chi connectivity index (χ1v) is 6.90. The molecule has 3 rings (SSSR count). The molecule has 1 heterocycles. The maximum absolute atomic E-state index is 12.4. The minimum absolute atomic E-state index is 0.0799. The van der Waals surface area contributed by atoms with E-state index in [0.717, 1.165) is 0 Å². The van der Waals surface area contributed by atoms with Gasteiger partial charge in [0.15, 0.2) is 20.3 Å². The number of esters is 1. The molecule has 92 valence electrons. The lowest BCUT2D eigenvalue weighted by molar-refractivity contribution is -0.140. The first-order valence-electron chi connectivity index (χ1n) is 5.42. The summed E-state index contributed by atoms with van der Waals surface area (Å²) in [7, 11) is -3.72. The van der Waals surface area contributed by atoms with Crippen LogP contribution >= 0.6 is 0 Å². The van der Waals surface area contributed by atoms with Crippen molar-refractivity contribution in [2.45, 2.75) is 16.1 Å². The molecule has 1 saturated carbocycles. The van der Waals surface area contributed by atoms with Crippen molar-refractivity contribution in [3.8, 4) is 0 Å². The molecule has 1 aromatic carbocycles. The summed E-state index contributed by atoms with van der Waals surface area (Å²) < 4.78 is 28.3. The molecule has 0 spiro atoms. The van der Waals surface area contributed by atoms with Crippen LogP contribution in [0, 0.1) is 12.5 Å². The number of sulfone groups is 1. The molecule has 2 fully saturated rings. The molecule has 2 atom stereocenters. The van der Waals surface area contributed by atoms with Gasteiger partial charge in [0, 0.05) is 5.92 Å². The highest BCUT2D eigenvalue weighted by Crippen LogP contribution is 2.57. The van der Waals surface area contributed by atoms with Crippen molar-refractivity contribution in [2.75, 3.05) is 6.61 Å². The Balaban J connectivity index is 2.06. The van der Waals surface area contributed by atoms with E-state index in [0.29, 0.717) is 12.1 Å². The van der Waals surface area contributed by atoms with Gasteiger partial charge in [-0.3, -0.25) is 4.79 Å². The molecular formula is C12H9NO4S. The molecule has 0 radical (unpaired) electrons. The summed E-state index contributed by atoms with van der Waals surface area (Å²) >= 11 is 0. The maximum Gasteiger partial charge on any atom is 0.328 e. The van der Waals surface area contributed by atoms with E-state index in [1.165, 1.54) is 24.3 Å². The van der Waals surface area contributed by atoms with Crippen molar-refractivity contribution in [3.63, 3.8) is 0 Å². The fraction of sp³-hybridized carbons (Fsp3) is 0.333. The van der Waals surface area contributed by atoms with Crippen LogP contribution < -0.4 is 0 Å². The normalized spacial score (nSPS) is 29.3. The van der Waals surface area contributed by atoms with Gasteiger partial charge < -0.3 is 4.74 Å². The Labute approximate surface area is 104 Å². The number of rotatable bonds is 2. The summed E-state index contributed by atoms with van der Waals surface area (Å²) in [6.07, 6.45) is 0.346. The zero-order valence-corrected chi connectivity index (χ0v) is 10.1. The van der Waals surface area contributed by atoms with Crippen LogP contribution in [-0.4, -0.2) is 25.7 Å². The van der Waals surface area contributed by atoms with Gasteiger partial charge in [-0.25, -0.2) is 13.3 Å². The predicted molar refractivity (Wildman–Crippen MR) is 61.7 cm³/mol. The summed E-state index contributed by atoms with van der Waals surface area (Å²) in [6.45, 7) is 7.01. The predicted octanol–water partition coefficient (Wildman–Crippen LogP) is 1.33. The van der Waals surface area contributed by atoms with Crippen molar-refractivity contribution in [1.82, 2.24) is 0 Å². The van der Waals surface area contributed by atoms with Gasteiger partial charge in [0.25, 0.3) is 0 Å². The van der Waals surface area contributed by atoms with E-state index in [-0.39, 0.29) is 17.4 Å². The molecule has 5 nitrogen and oxygen atoms in total. The minimum Gasteiger partial charge on any atom is -0.464 e. The van der Waals surface area contributed by atoms with E-state index in [9.17, 15) is 13.2 Å². The molecule has 6 heteroatoms. The molecule has 1 saturated heterocycles. The summed E-state index contributed by atoms with van der Waals surface area (Å²) in [5, 5.41) is 0. The van der Waals surface area contributed by atoms with E-state index in [1.807, 2.05) is 0 Å². The van der Waals surface area contributed by atoms with Crippen molar-refractivity contribution in [3.05, 3.63) is 35.7 Å². The van der Waals surface area contributed by atoms with Crippen LogP contribution in [0.1, 0.15) is 6.42 Å². The fourth-order valence-electron chi connectivity index (χ4n) is 2.40. The second kappa shape index (κ2) is 3.33. The maximum atomic E-state index is 12.4. The highest BCUT2D eigenvalue weighted by atomic mass is 32.2. The largest absolute Gasteiger partial charge is 0.464 e. The standard InChI is InChI=1S/C12H9NO4S/c1-13-9-2-4-10(5-3-9)18(15,16)12-6-8(12)7-17-11(12)14/h2-5,8H,6-7H2/t8-,12+/m0/s1. The van der Waals surface area contributed by atoms with Crippen molar-refractivity contribution in [1.29, 1.82) is 0 Å². The monoisotopic (exact) mass is 263 g/mol.